The number of anilines is 1. The Bertz CT molecular complexity index is 466. The van der Waals surface area contributed by atoms with Gasteiger partial charge in [0, 0.05) is 17.8 Å². The van der Waals surface area contributed by atoms with Crippen molar-refractivity contribution in [2.75, 3.05) is 26.0 Å². The topological polar surface area (TPSA) is 69.6 Å². The lowest BCUT2D eigenvalue weighted by atomic mass is 10.1. The zero-order chi connectivity index (χ0) is 13.9. The normalized spacial score (nSPS) is 10.7. The smallest absolute Gasteiger partial charge is 0.338 e. The Balaban J connectivity index is 2.81. The van der Waals surface area contributed by atoms with E-state index in [1.54, 1.807) is 6.92 Å². The van der Waals surface area contributed by atoms with Crippen LogP contribution in [0.25, 0.3) is 0 Å². The van der Waals surface area contributed by atoms with Gasteiger partial charge < -0.3 is 15.3 Å². The number of thiophene rings is 1. The SMILES string of the molecule is Cc1sc(NC(=O)CCN(C)C)c(C(=O)O)c1C. The van der Waals surface area contributed by atoms with Gasteiger partial charge in [0.15, 0.2) is 0 Å². The Morgan fingerprint density at radius 3 is 2.44 bits per heavy atom. The van der Waals surface area contributed by atoms with E-state index in [9.17, 15) is 9.59 Å². The van der Waals surface area contributed by atoms with Crippen molar-refractivity contribution in [3.63, 3.8) is 0 Å². The number of amides is 1. The molecule has 0 aromatic carbocycles. The summed E-state index contributed by atoms with van der Waals surface area (Å²) in [5.41, 5.74) is 0.922. The van der Waals surface area contributed by atoms with E-state index in [1.807, 2.05) is 25.9 Å². The molecule has 1 heterocycles. The first-order valence-electron chi connectivity index (χ1n) is 5.60. The molecule has 0 aliphatic rings. The minimum absolute atomic E-state index is 0.160. The average Bonchev–Trinajstić information content (AvgIpc) is 2.51. The lowest BCUT2D eigenvalue weighted by Crippen LogP contribution is -2.21. The second-order valence-electron chi connectivity index (χ2n) is 4.39. The Hall–Kier alpha value is -1.40. The third-order valence-corrected chi connectivity index (χ3v) is 3.76. The van der Waals surface area contributed by atoms with Crippen molar-refractivity contribution in [2.45, 2.75) is 20.3 Å². The molecule has 0 radical (unpaired) electrons. The number of nitrogens with zero attached hydrogens (tertiary/aromatic N) is 1. The summed E-state index contributed by atoms with van der Waals surface area (Å²) in [5.74, 6) is -1.16. The highest BCUT2D eigenvalue weighted by atomic mass is 32.1. The van der Waals surface area contributed by atoms with Crippen LogP contribution < -0.4 is 5.32 Å². The van der Waals surface area contributed by atoms with Crippen LogP contribution in [0.1, 0.15) is 27.2 Å². The van der Waals surface area contributed by atoms with Crippen LogP contribution in [0.2, 0.25) is 0 Å². The monoisotopic (exact) mass is 270 g/mol. The number of aromatic carboxylic acids is 1. The van der Waals surface area contributed by atoms with Crippen molar-refractivity contribution in [2.24, 2.45) is 0 Å². The van der Waals surface area contributed by atoms with Gasteiger partial charge in [-0.05, 0) is 33.5 Å². The summed E-state index contributed by atoms with van der Waals surface area (Å²) in [5, 5.41) is 12.3. The van der Waals surface area contributed by atoms with Gasteiger partial charge in [-0.25, -0.2) is 4.79 Å². The molecule has 0 saturated heterocycles. The Kier molecular flexibility index (Phi) is 4.86. The molecule has 0 fully saturated rings. The van der Waals surface area contributed by atoms with E-state index in [0.717, 1.165) is 10.4 Å². The number of carboxylic acids is 1. The van der Waals surface area contributed by atoms with Crippen molar-refractivity contribution in [1.29, 1.82) is 0 Å². The summed E-state index contributed by atoms with van der Waals surface area (Å²) in [4.78, 5) is 25.7. The summed E-state index contributed by atoms with van der Waals surface area (Å²) in [7, 11) is 3.77. The fourth-order valence-electron chi connectivity index (χ4n) is 1.49. The molecule has 0 aliphatic carbocycles. The van der Waals surface area contributed by atoms with Gasteiger partial charge in [-0.15, -0.1) is 11.3 Å². The van der Waals surface area contributed by atoms with Crippen LogP contribution in [0, 0.1) is 13.8 Å². The maximum Gasteiger partial charge on any atom is 0.338 e. The number of hydrogen-bond acceptors (Lipinski definition) is 4. The molecule has 100 valence electrons. The van der Waals surface area contributed by atoms with Gasteiger partial charge in [-0.3, -0.25) is 4.79 Å². The Morgan fingerprint density at radius 2 is 1.94 bits per heavy atom. The van der Waals surface area contributed by atoms with Crippen LogP contribution in [-0.4, -0.2) is 42.5 Å². The van der Waals surface area contributed by atoms with Crippen LogP contribution in [0.5, 0.6) is 0 Å². The second kappa shape index (κ2) is 5.97. The second-order valence-corrected chi connectivity index (χ2v) is 5.62. The van der Waals surface area contributed by atoms with Crippen LogP contribution in [-0.2, 0) is 4.79 Å². The highest BCUT2D eigenvalue weighted by molar-refractivity contribution is 7.16. The predicted molar refractivity (Wildman–Crippen MR) is 72.6 cm³/mol. The first-order chi connectivity index (χ1) is 8.32. The van der Waals surface area contributed by atoms with Crippen molar-refractivity contribution in [1.82, 2.24) is 4.90 Å². The summed E-state index contributed by atoms with van der Waals surface area (Å²) in [6, 6.07) is 0. The van der Waals surface area contributed by atoms with E-state index in [-0.39, 0.29) is 11.5 Å². The van der Waals surface area contributed by atoms with E-state index in [4.69, 9.17) is 5.11 Å². The third-order valence-electron chi connectivity index (χ3n) is 2.64. The van der Waals surface area contributed by atoms with Gasteiger partial charge in [0.25, 0.3) is 0 Å². The van der Waals surface area contributed by atoms with Gasteiger partial charge in [-0.2, -0.15) is 0 Å². The maximum absolute atomic E-state index is 11.7. The Labute approximate surface area is 110 Å². The van der Waals surface area contributed by atoms with Gasteiger partial charge in [0.2, 0.25) is 5.91 Å². The van der Waals surface area contributed by atoms with Crippen LogP contribution in [0.15, 0.2) is 0 Å². The number of carbonyl (C=O) groups is 2. The lowest BCUT2D eigenvalue weighted by Gasteiger charge is -2.09. The molecule has 18 heavy (non-hydrogen) atoms. The molecule has 0 bridgehead atoms. The van der Waals surface area contributed by atoms with E-state index in [0.29, 0.717) is 18.0 Å². The molecule has 1 rings (SSSR count). The molecule has 0 unspecified atom stereocenters. The highest BCUT2D eigenvalue weighted by Crippen LogP contribution is 2.32. The van der Waals surface area contributed by atoms with E-state index in [1.165, 1.54) is 11.3 Å². The summed E-state index contributed by atoms with van der Waals surface area (Å²) >= 11 is 1.31. The molecule has 0 spiro atoms. The molecule has 1 amide bonds. The molecule has 0 aliphatic heterocycles. The van der Waals surface area contributed by atoms with Crippen LogP contribution >= 0.6 is 11.3 Å². The number of aryl methyl sites for hydroxylation is 1. The molecule has 1 aromatic rings. The highest BCUT2D eigenvalue weighted by Gasteiger charge is 2.20. The molecule has 0 atom stereocenters. The minimum atomic E-state index is -1.00. The van der Waals surface area contributed by atoms with E-state index < -0.39 is 5.97 Å². The molecular formula is C12H18N2O3S. The summed E-state index contributed by atoms with van der Waals surface area (Å²) in [6.45, 7) is 4.24. The lowest BCUT2D eigenvalue weighted by molar-refractivity contribution is -0.116. The summed E-state index contributed by atoms with van der Waals surface area (Å²) < 4.78 is 0. The predicted octanol–water partition coefficient (Wildman–Crippen LogP) is 1.95. The van der Waals surface area contributed by atoms with Crippen molar-refractivity contribution < 1.29 is 14.7 Å². The maximum atomic E-state index is 11.7. The fraction of sp³-hybridized carbons (Fsp3) is 0.500. The minimum Gasteiger partial charge on any atom is -0.478 e. The van der Waals surface area contributed by atoms with E-state index >= 15 is 0 Å². The fourth-order valence-corrected chi connectivity index (χ4v) is 2.56. The van der Waals surface area contributed by atoms with Gasteiger partial charge in [0.05, 0.1) is 5.56 Å². The quantitative estimate of drug-likeness (QED) is 0.858. The third kappa shape index (κ3) is 3.54. The van der Waals surface area contributed by atoms with Gasteiger partial charge in [-0.1, -0.05) is 0 Å². The van der Waals surface area contributed by atoms with Crippen LogP contribution in [0.4, 0.5) is 5.00 Å². The summed E-state index contributed by atoms with van der Waals surface area (Å²) in [6.07, 6.45) is 0.349. The number of hydrogen-bond donors (Lipinski definition) is 2. The van der Waals surface area contributed by atoms with Gasteiger partial charge in [0.1, 0.15) is 5.00 Å². The molecule has 6 heteroatoms. The number of carboxylic acid groups (broad SMARTS) is 1. The number of nitrogens with one attached hydrogen (secondary N) is 1. The standard InChI is InChI=1S/C12H18N2O3S/c1-7-8(2)18-11(10(7)12(16)17)13-9(15)5-6-14(3)4/h5-6H2,1-4H3,(H,13,15)(H,16,17). The molecule has 2 N–H and O–H groups in total. The first-order valence-corrected chi connectivity index (χ1v) is 6.42. The van der Waals surface area contributed by atoms with Crippen molar-refractivity contribution in [3.8, 4) is 0 Å². The van der Waals surface area contributed by atoms with Crippen LogP contribution in [0.3, 0.4) is 0 Å². The Morgan fingerprint density at radius 1 is 1.33 bits per heavy atom. The molecule has 0 saturated carbocycles. The zero-order valence-corrected chi connectivity index (χ0v) is 11.8. The first kappa shape index (κ1) is 14.7. The molecular weight excluding hydrogens is 252 g/mol. The zero-order valence-electron chi connectivity index (χ0n) is 11.0. The largest absolute Gasteiger partial charge is 0.478 e. The van der Waals surface area contributed by atoms with Gasteiger partial charge >= 0.3 is 5.97 Å². The average molecular weight is 270 g/mol. The number of rotatable bonds is 5. The van der Waals surface area contributed by atoms with Crippen molar-refractivity contribution >= 4 is 28.2 Å². The van der Waals surface area contributed by atoms with E-state index in [2.05, 4.69) is 5.32 Å². The number of carbonyl (C=O) groups excluding carboxylic acids is 1. The molecule has 5 nitrogen and oxygen atoms in total. The van der Waals surface area contributed by atoms with Crippen molar-refractivity contribution in [3.05, 3.63) is 16.0 Å². The molecule has 1 aromatic heterocycles.